The van der Waals surface area contributed by atoms with Crippen LogP contribution in [0.25, 0.3) is 0 Å². The molecule has 0 fully saturated rings. The second-order valence-corrected chi connectivity index (χ2v) is 4.24. The molecule has 2 aromatic rings. The normalized spacial score (nSPS) is 10.3. The third-order valence-corrected chi connectivity index (χ3v) is 3.02. The second kappa shape index (κ2) is 4.31. The van der Waals surface area contributed by atoms with Crippen molar-refractivity contribution in [3.05, 3.63) is 28.5 Å². The van der Waals surface area contributed by atoms with E-state index in [1.807, 2.05) is 6.92 Å². The summed E-state index contributed by atoms with van der Waals surface area (Å²) in [5.41, 5.74) is 2.02. The lowest BCUT2D eigenvalue weighted by molar-refractivity contribution is 0.0702. The van der Waals surface area contributed by atoms with Crippen LogP contribution in [0, 0.1) is 6.92 Å². The van der Waals surface area contributed by atoms with E-state index >= 15 is 0 Å². The zero-order valence-corrected chi connectivity index (χ0v) is 9.34. The Bertz CT molecular complexity index is 505. The molecular formula is C9H10N4O2S. The predicted octanol–water partition coefficient (Wildman–Crippen LogP) is 1.48. The van der Waals surface area contributed by atoms with E-state index in [0.717, 1.165) is 22.6 Å². The molecule has 0 aromatic carbocycles. The molecular weight excluding hydrogens is 228 g/mol. The minimum absolute atomic E-state index is 0.228. The summed E-state index contributed by atoms with van der Waals surface area (Å²) in [4.78, 5) is 14.8. The summed E-state index contributed by atoms with van der Waals surface area (Å²) < 4.78 is 0. The largest absolute Gasteiger partial charge is 0.477 e. The quantitative estimate of drug-likeness (QED) is 0.750. The maximum atomic E-state index is 10.6. The molecule has 3 N–H and O–H groups in total. The molecule has 7 heteroatoms. The van der Waals surface area contributed by atoms with Gasteiger partial charge in [0.15, 0.2) is 5.13 Å². The number of aromatic amines is 1. The Morgan fingerprint density at radius 3 is 3.00 bits per heavy atom. The average molecular weight is 238 g/mol. The molecule has 16 heavy (non-hydrogen) atoms. The van der Waals surface area contributed by atoms with Gasteiger partial charge in [0.25, 0.3) is 0 Å². The Morgan fingerprint density at radius 2 is 2.44 bits per heavy atom. The lowest BCUT2D eigenvalue weighted by Gasteiger charge is -2.00. The zero-order chi connectivity index (χ0) is 11.5. The van der Waals surface area contributed by atoms with Gasteiger partial charge in [0.2, 0.25) is 0 Å². The number of aryl methyl sites for hydroxylation is 1. The predicted molar refractivity (Wildman–Crippen MR) is 59.7 cm³/mol. The highest BCUT2D eigenvalue weighted by Crippen LogP contribution is 2.18. The molecule has 2 rings (SSSR count). The third kappa shape index (κ3) is 2.19. The number of anilines is 1. The Kier molecular flexibility index (Phi) is 2.86. The molecule has 0 saturated carbocycles. The summed E-state index contributed by atoms with van der Waals surface area (Å²) in [5, 5.41) is 19.1. The molecule has 2 heterocycles. The van der Waals surface area contributed by atoms with E-state index in [9.17, 15) is 4.79 Å². The lowest BCUT2D eigenvalue weighted by atomic mass is 10.3. The van der Waals surface area contributed by atoms with Crippen molar-refractivity contribution in [2.24, 2.45) is 0 Å². The summed E-state index contributed by atoms with van der Waals surface area (Å²) in [5.74, 6) is -0.954. The summed E-state index contributed by atoms with van der Waals surface area (Å²) in [6.07, 6.45) is 3.08. The van der Waals surface area contributed by atoms with Crippen molar-refractivity contribution >= 4 is 22.4 Å². The first kappa shape index (κ1) is 10.6. The molecule has 0 spiro atoms. The van der Waals surface area contributed by atoms with Crippen molar-refractivity contribution in [1.29, 1.82) is 0 Å². The van der Waals surface area contributed by atoms with Crippen LogP contribution in [0.5, 0.6) is 0 Å². The Hall–Kier alpha value is -1.89. The van der Waals surface area contributed by atoms with Gasteiger partial charge >= 0.3 is 5.97 Å². The smallest absolute Gasteiger partial charge is 0.347 e. The third-order valence-electron chi connectivity index (χ3n) is 2.08. The monoisotopic (exact) mass is 238 g/mol. The van der Waals surface area contributed by atoms with Crippen molar-refractivity contribution < 1.29 is 9.90 Å². The standard InChI is InChI=1S/C9H10N4O2S/c1-5-6(3-12-13-5)2-10-9-11-4-7(16-9)8(14)15/h3-4H,2H2,1H3,(H,10,11)(H,12,13)(H,14,15). The van der Waals surface area contributed by atoms with Crippen LogP contribution < -0.4 is 5.32 Å². The molecule has 0 amide bonds. The van der Waals surface area contributed by atoms with E-state index in [1.165, 1.54) is 6.20 Å². The van der Waals surface area contributed by atoms with Gasteiger partial charge in [0.05, 0.1) is 12.4 Å². The highest BCUT2D eigenvalue weighted by Gasteiger charge is 2.08. The maximum Gasteiger partial charge on any atom is 0.347 e. The van der Waals surface area contributed by atoms with Crippen molar-refractivity contribution in [2.45, 2.75) is 13.5 Å². The number of thiazole rings is 1. The van der Waals surface area contributed by atoms with E-state index in [0.29, 0.717) is 11.7 Å². The molecule has 0 radical (unpaired) electrons. The van der Waals surface area contributed by atoms with Gasteiger partial charge in [-0.25, -0.2) is 9.78 Å². The number of hydrogen-bond donors (Lipinski definition) is 3. The topological polar surface area (TPSA) is 90.9 Å². The minimum atomic E-state index is -0.954. The van der Waals surface area contributed by atoms with E-state index in [1.54, 1.807) is 6.20 Å². The van der Waals surface area contributed by atoms with Crippen LogP contribution in [0.3, 0.4) is 0 Å². The highest BCUT2D eigenvalue weighted by atomic mass is 32.1. The molecule has 0 atom stereocenters. The molecule has 0 aliphatic rings. The first-order chi connectivity index (χ1) is 7.66. The van der Waals surface area contributed by atoms with Gasteiger partial charge in [-0.2, -0.15) is 5.10 Å². The van der Waals surface area contributed by atoms with E-state index in [2.05, 4.69) is 20.5 Å². The first-order valence-corrected chi connectivity index (χ1v) is 5.40. The number of carboxylic acid groups (broad SMARTS) is 1. The van der Waals surface area contributed by atoms with Crippen LogP contribution in [0.15, 0.2) is 12.4 Å². The molecule has 0 aliphatic heterocycles. The minimum Gasteiger partial charge on any atom is -0.477 e. The van der Waals surface area contributed by atoms with Gasteiger partial charge in [-0.1, -0.05) is 11.3 Å². The second-order valence-electron chi connectivity index (χ2n) is 3.21. The van der Waals surface area contributed by atoms with Crippen molar-refractivity contribution in [3.63, 3.8) is 0 Å². The molecule has 6 nitrogen and oxygen atoms in total. The molecule has 84 valence electrons. The van der Waals surface area contributed by atoms with Gasteiger partial charge in [-0.05, 0) is 6.92 Å². The highest BCUT2D eigenvalue weighted by molar-refractivity contribution is 7.17. The molecule has 0 bridgehead atoms. The number of H-pyrrole nitrogens is 1. The van der Waals surface area contributed by atoms with Crippen LogP contribution in [-0.4, -0.2) is 26.3 Å². The Morgan fingerprint density at radius 1 is 1.62 bits per heavy atom. The van der Waals surface area contributed by atoms with Crippen molar-refractivity contribution in [1.82, 2.24) is 15.2 Å². The van der Waals surface area contributed by atoms with Crippen molar-refractivity contribution in [2.75, 3.05) is 5.32 Å². The van der Waals surface area contributed by atoms with Crippen LogP contribution in [0.2, 0.25) is 0 Å². The van der Waals surface area contributed by atoms with E-state index < -0.39 is 5.97 Å². The van der Waals surface area contributed by atoms with Crippen LogP contribution >= 0.6 is 11.3 Å². The number of carbonyl (C=O) groups is 1. The number of aromatic carboxylic acids is 1. The summed E-state index contributed by atoms with van der Waals surface area (Å²) >= 11 is 1.12. The lowest BCUT2D eigenvalue weighted by Crippen LogP contribution is -1.98. The molecule has 0 aliphatic carbocycles. The van der Waals surface area contributed by atoms with Crippen LogP contribution in [-0.2, 0) is 6.54 Å². The van der Waals surface area contributed by atoms with Crippen LogP contribution in [0.4, 0.5) is 5.13 Å². The zero-order valence-electron chi connectivity index (χ0n) is 8.52. The average Bonchev–Trinajstić information content (AvgIpc) is 2.83. The number of hydrogen-bond acceptors (Lipinski definition) is 5. The van der Waals surface area contributed by atoms with Gasteiger partial charge < -0.3 is 10.4 Å². The number of nitrogens with zero attached hydrogens (tertiary/aromatic N) is 2. The SMILES string of the molecule is Cc1[nH]ncc1CNc1ncc(C(=O)O)s1. The fraction of sp³-hybridized carbons (Fsp3) is 0.222. The molecule has 0 unspecified atom stereocenters. The fourth-order valence-corrected chi connectivity index (χ4v) is 1.83. The summed E-state index contributed by atoms with van der Waals surface area (Å²) in [6, 6.07) is 0. The first-order valence-electron chi connectivity index (χ1n) is 4.58. The van der Waals surface area contributed by atoms with E-state index in [-0.39, 0.29) is 4.88 Å². The molecule has 2 aromatic heterocycles. The van der Waals surface area contributed by atoms with Gasteiger partial charge in [0.1, 0.15) is 4.88 Å². The number of aromatic nitrogens is 3. The molecule has 0 saturated heterocycles. The number of carboxylic acids is 1. The fourth-order valence-electron chi connectivity index (χ4n) is 1.18. The van der Waals surface area contributed by atoms with Gasteiger partial charge in [0, 0.05) is 17.8 Å². The Labute approximate surface area is 95.3 Å². The summed E-state index contributed by atoms with van der Waals surface area (Å²) in [6.45, 7) is 2.50. The van der Waals surface area contributed by atoms with Crippen molar-refractivity contribution in [3.8, 4) is 0 Å². The Balaban J connectivity index is 2.00. The number of rotatable bonds is 4. The van der Waals surface area contributed by atoms with Crippen LogP contribution in [0.1, 0.15) is 20.9 Å². The maximum absolute atomic E-state index is 10.6. The number of nitrogens with one attached hydrogen (secondary N) is 2. The summed E-state index contributed by atoms with van der Waals surface area (Å²) in [7, 11) is 0. The van der Waals surface area contributed by atoms with E-state index in [4.69, 9.17) is 5.11 Å². The van der Waals surface area contributed by atoms with Gasteiger partial charge in [-0.3, -0.25) is 5.10 Å². The van der Waals surface area contributed by atoms with Gasteiger partial charge in [-0.15, -0.1) is 0 Å².